The molecule has 0 aliphatic heterocycles. The van der Waals surface area contributed by atoms with Crippen LogP contribution in [-0.4, -0.2) is 22.9 Å². The molecule has 0 aliphatic rings. The molecule has 0 heterocycles. The maximum absolute atomic E-state index is 9.61. The first-order valence-electron chi connectivity index (χ1n) is 8.84. The second-order valence-electron chi connectivity index (χ2n) is 6.16. The van der Waals surface area contributed by atoms with Gasteiger partial charge in [0.25, 0.3) is 0 Å². The summed E-state index contributed by atoms with van der Waals surface area (Å²) in [5, 5.41) is 19.2. The average molecular weight is 343 g/mol. The molecule has 26 heavy (non-hydrogen) atoms. The summed E-state index contributed by atoms with van der Waals surface area (Å²) in [5.74, 6) is 0. The largest absolute Gasteiger partial charge is 0.488 e. The van der Waals surface area contributed by atoms with Gasteiger partial charge in [-0.1, -0.05) is 79.7 Å². The number of aliphatic imine (C=N–C) groups is 1. The van der Waals surface area contributed by atoms with E-state index < -0.39 is 7.12 Å². The van der Waals surface area contributed by atoms with Crippen LogP contribution in [0.25, 0.3) is 0 Å². The number of hydrogen-bond donors (Lipinski definition) is 2. The van der Waals surface area contributed by atoms with Gasteiger partial charge in [0.15, 0.2) is 0 Å². The molecule has 0 radical (unpaired) electrons. The van der Waals surface area contributed by atoms with Crippen LogP contribution in [0.15, 0.2) is 83.9 Å². The summed E-state index contributed by atoms with van der Waals surface area (Å²) >= 11 is 0. The van der Waals surface area contributed by atoms with Crippen molar-refractivity contribution in [2.45, 2.75) is 19.8 Å². The summed E-state index contributed by atoms with van der Waals surface area (Å²) in [5.41, 5.74) is 5.55. The minimum Gasteiger partial charge on any atom is -0.423 e. The van der Waals surface area contributed by atoms with Crippen LogP contribution < -0.4 is 5.46 Å². The van der Waals surface area contributed by atoms with Gasteiger partial charge in [0.2, 0.25) is 0 Å². The van der Waals surface area contributed by atoms with Gasteiger partial charge in [-0.3, -0.25) is 4.99 Å². The number of rotatable bonds is 6. The lowest BCUT2D eigenvalue weighted by Gasteiger charge is -2.12. The van der Waals surface area contributed by atoms with Crippen LogP contribution in [-0.2, 0) is 6.42 Å². The first kappa shape index (κ1) is 18.1. The Morgan fingerprint density at radius 1 is 0.808 bits per heavy atom. The molecule has 3 nitrogen and oxygen atoms in total. The van der Waals surface area contributed by atoms with Crippen LogP contribution in [0.1, 0.15) is 30.0 Å². The van der Waals surface area contributed by atoms with Gasteiger partial charge in [-0.2, -0.15) is 0 Å². The van der Waals surface area contributed by atoms with Crippen molar-refractivity contribution in [3.05, 3.63) is 95.6 Å². The van der Waals surface area contributed by atoms with Gasteiger partial charge in [0.05, 0.1) is 5.69 Å². The second kappa shape index (κ2) is 8.61. The molecule has 0 spiro atoms. The SMILES string of the molecule is CC/C(=N\c1ccccc1Cc1ccccc1B(O)O)c1ccccc1. The fraction of sp³-hybridized carbons (Fsp3) is 0.136. The molecule has 0 aromatic heterocycles. The normalized spacial score (nSPS) is 11.4. The summed E-state index contributed by atoms with van der Waals surface area (Å²) < 4.78 is 0. The number of para-hydroxylation sites is 1. The Bertz CT molecular complexity index is 891. The highest BCUT2D eigenvalue weighted by atomic mass is 16.4. The fourth-order valence-corrected chi connectivity index (χ4v) is 3.05. The molecule has 0 bridgehead atoms. The molecule has 0 amide bonds. The highest BCUT2D eigenvalue weighted by Crippen LogP contribution is 2.23. The summed E-state index contributed by atoms with van der Waals surface area (Å²) in [6.45, 7) is 2.10. The Morgan fingerprint density at radius 3 is 2.12 bits per heavy atom. The lowest BCUT2D eigenvalue weighted by Crippen LogP contribution is -2.32. The van der Waals surface area contributed by atoms with E-state index in [1.165, 1.54) is 0 Å². The zero-order valence-corrected chi connectivity index (χ0v) is 14.8. The van der Waals surface area contributed by atoms with Crippen molar-refractivity contribution in [3.63, 3.8) is 0 Å². The minimum absolute atomic E-state index is 0.532. The molecule has 0 saturated carbocycles. The Kier molecular flexibility index (Phi) is 6.00. The van der Waals surface area contributed by atoms with Crippen molar-refractivity contribution in [2.75, 3.05) is 0 Å². The van der Waals surface area contributed by atoms with Gasteiger partial charge >= 0.3 is 7.12 Å². The Hall–Kier alpha value is -2.69. The third-order valence-corrected chi connectivity index (χ3v) is 4.40. The molecule has 0 unspecified atom stereocenters. The van der Waals surface area contributed by atoms with Gasteiger partial charge < -0.3 is 10.0 Å². The molecule has 3 aromatic rings. The van der Waals surface area contributed by atoms with E-state index in [1.807, 2.05) is 60.7 Å². The monoisotopic (exact) mass is 343 g/mol. The highest BCUT2D eigenvalue weighted by Gasteiger charge is 2.16. The van der Waals surface area contributed by atoms with Gasteiger partial charge in [-0.15, -0.1) is 0 Å². The Balaban J connectivity index is 1.98. The zero-order chi connectivity index (χ0) is 18.4. The lowest BCUT2D eigenvalue weighted by atomic mass is 9.76. The maximum atomic E-state index is 9.61. The van der Waals surface area contributed by atoms with Crippen molar-refractivity contribution in [2.24, 2.45) is 4.99 Å². The average Bonchev–Trinajstić information content (AvgIpc) is 2.68. The lowest BCUT2D eigenvalue weighted by molar-refractivity contribution is 0.425. The Labute approximate surface area is 154 Å². The van der Waals surface area contributed by atoms with Crippen LogP contribution >= 0.6 is 0 Å². The predicted octanol–water partition coefficient (Wildman–Crippen LogP) is 3.49. The second-order valence-corrected chi connectivity index (χ2v) is 6.16. The van der Waals surface area contributed by atoms with E-state index in [0.29, 0.717) is 11.9 Å². The van der Waals surface area contributed by atoms with E-state index in [9.17, 15) is 10.0 Å². The van der Waals surface area contributed by atoms with Gasteiger partial charge in [-0.05, 0) is 41.1 Å². The van der Waals surface area contributed by atoms with E-state index in [-0.39, 0.29) is 0 Å². The summed E-state index contributed by atoms with van der Waals surface area (Å²) in [6, 6.07) is 25.6. The molecule has 0 atom stereocenters. The van der Waals surface area contributed by atoms with Gasteiger partial charge in [0.1, 0.15) is 0 Å². The molecule has 0 aliphatic carbocycles. The van der Waals surface area contributed by atoms with E-state index in [2.05, 4.69) is 19.1 Å². The molecule has 2 N–H and O–H groups in total. The van der Waals surface area contributed by atoms with Crippen molar-refractivity contribution in [1.29, 1.82) is 0 Å². The van der Waals surface area contributed by atoms with Crippen LogP contribution in [0.4, 0.5) is 5.69 Å². The maximum Gasteiger partial charge on any atom is 0.488 e. The standard InChI is InChI=1S/C22H22BNO2/c1-2-21(17-10-4-3-5-11-17)24-22-15-9-7-13-19(22)16-18-12-6-8-14-20(18)23(25)26/h3-15,25-26H,2,16H2,1H3/b24-21+. The topological polar surface area (TPSA) is 52.8 Å². The number of nitrogens with zero attached hydrogens (tertiary/aromatic N) is 1. The summed E-state index contributed by atoms with van der Waals surface area (Å²) in [4.78, 5) is 4.91. The summed E-state index contributed by atoms with van der Waals surface area (Å²) in [6.07, 6.45) is 1.43. The van der Waals surface area contributed by atoms with Gasteiger partial charge in [0, 0.05) is 5.71 Å². The van der Waals surface area contributed by atoms with E-state index >= 15 is 0 Å². The van der Waals surface area contributed by atoms with Crippen LogP contribution in [0.2, 0.25) is 0 Å². The number of benzene rings is 3. The molecule has 0 saturated heterocycles. The van der Waals surface area contributed by atoms with Crippen LogP contribution in [0, 0.1) is 0 Å². The predicted molar refractivity (Wildman–Crippen MR) is 108 cm³/mol. The van der Waals surface area contributed by atoms with E-state index in [0.717, 1.165) is 34.5 Å². The Morgan fingerprint density at radius 2 is 1.42 bits per heavy atom. The first-order valence-corrected chi connectivity index (χ1v) is 8.84. The van der Waals surface area contributed by atoms with Crippen LogP contribution in [0.3, 0.4) is 0 Å². The van der Waals surface area contributed by atoms with Crippen molar-refractivity contribution >= 4 is 24.0 Å². The fourth-order valence-electron chi connectivity index (χ4n) is 3.05. The molecular formula is C22H22BNO2. The van der Waals surface area contributed by atoms with E-state index in [1.54, 1.807) is 6.07 Å². The molecule has 130 valence electrons. The molecular weight excluding hydrogens is 321 g/mol. The first-order chi connectivity index (χ1) is 12.7. The third-order valence-electron chi connectivity index (χ3n) is 4.40. The highest BCUT2D eigenvalue weighted by molar-refractivity contribution is 6.59. The zero-order valence-electron chi connectivity index (χ0n) is 14.8. The minimum atomic E-state index is -1.47. The quantitative estimate of drug-likeness (QED) is 0.532. The molecule has 0 fully saturated rings. The molecule has 3 rings (SSSR count). The smallest absolute Gasteiger partial charge is 0.423 e. The van der Waals surface area contributed by atoms with Crippen molar-refractivity contribution in [3.8, 4) is 0 Å². The van der Waals surface area contributed by atoms with Crippen molar-refractivity contribution < 1.29 is 10.0 Å². The molecule has 4 heteroatoms. The van der Waals surface area contributed by atoms with E-state index in [4.69, 9.17) is 4.99 Å². The third kappa shape index (κ3) is 4.28. The van der Waals surface area contributed by atoms with Gasteiger partial charge in [-0.25, -0.2) is 0 Å². The van der Waals surface area contributed by atoms with Crippen molar-refractivity contribution in [1.82, 2.24) is 0 Å². The summed E-state index contributed by atoms with van der Waals surface area (Å²) in [7, 11) is -1.47. The molecule has 3 aromatic carbocycles. The number of hydrogen-bond acceptors (Lipinski definition) is 3. The van der Waals surface area contributed by atoms with Crippen LogP contribution in [0.5, 0.6) is 0 Å².